The van der Waals surface area contributed by atoms with Crippen molar-refractivity contribution in [3.05, 3.63) is 34.1 Å². The maximum Gasteiger partial charge on any atom is 0.128 e. The van der Waals surface area contributed by atoms with E-state index in [0.717, 1.165) is 16.1 Å². The smallest absolute Gasteiger partial charge is 0.128 e. The first kappa shape index (κ1) is 13.5. The Morgan fingerprint density at radius 3 is 2.58 bits per heavy atom. The molecule has 0 radical (unpaired) electrons. The van der Waals surface area contributed by atoms with Gasteiger partial charge in [0.05, 0.1) is 0 Å². The fourth-order valence-corrected chi connectivity index (χ4v) is 3.16. The van der Waals surface area contributed by atoms with Crippen LogP contribution in [0.3, 0.4) is 0 Å². The van der Waals surface area contributed by atoms with Gasteiger partial charge in [0.2, 0.25) is 0 Å². The van der Waals surface area contributed by atoms with Crippen molar-refractivity contribution in [2.75, 3.05) is 13.1 Å². The van der Waals surface area contributed by atoms with E-state index in [-0.39, 0.29) is 5.82 Å². The molecule has 1 aliphatic carbocycles. The lowest BCUT2D eigenvalue weighted by Gasteiger charge is -2.32. The van der Waals surface area contributed by atoms with Gasteiger partial charge < -0.3 is 10.2 Å². The highest BCUT2D eigenvalue weighted by atomic mass is 79.9. The number of benzene rings is 1. The van der Waals surface area contributed by atoms with Crippen LogP contribution in [0.1, 0.15) is 31.2 Å². The highest BCUT2D eigenvalue weighted by Crippen LogP contribution is 2.29. The van der Waals surface area contributed by atoms with Crippen molar-refractivity contribution >= 4 is 15.9 Å². The van der Waals surface area contributed by atoms with Crippen molar-refractivity contribution < 1.29 is 4.39 Å². The van der Waals surface area contributed by atoms with Gasteiger partial charge in [-0.05, 0) is 50.9 Å². The van der Waals surface area contributed by atoms with Crippen molar-refractivity contribution in [1.82, 2.24) is 10.2 Å². The zero-order chi connectivity index (χ0) is 13.2. The van der Waals surface area contributed by atoms with Gasteiger partial charge >= 0.3 is 0 Å². The average Bonchev–Trinajstić information content (AvgIpc) is 3.23. The molecule has 1 saturated heterocycles. The van der Waals surface area contributed by atoms with Gasteiger partial charge in [-0.3, -0.25) is 0 Å². The van der Waals surface area contributed by atoms with Gasteiger partial charge in [-0.25, -0.2) is 4.39 Å². The van der Waals surface area contributed by atoms with E-state index in [2.05, 4.69) is 26.1 Å². The summed E-state index contributed by atoms with van der Waals surface area (Å²) in [6.45, 7) is 3.03. The maximum absolute atomic E-state index is 13.7. The Morgan fingerprint density at radius 2 is 1.95 bits per heavy atom. The predicted molar refractivity (Wildman–Crippen MR) is 78.6 cm³/mol. The number of piperidine rings is 1. The molecule has 3 rings (SSSR count). The molecule has 0 aromatic heterocycles. The van der Waals surface area contributed by atoms with E-state index in [1.807, 2.05) is 12.1 Å². The van der Waals surface area contributed by atoms with Crippen molar-refractivity contribution in [2.45, 2.75) is 44.3 Å². The molecule has 1 saturated carbocycles. The summed E-state index contributed by atoms with van der Waals surface area (Å²) in [5.74, 6) is -0.128. The summed E-state index contributed by atoms with van der Waals surface area (Å²) in [7, 11) is 0. The molecular formula is C15H20BrFN2. The summed E-state index contributed by atoms with van der Waals surface area (Å²) < 4.78 is 14.5. The van der Waals surface area contributed by atoms with E-state index >= 15 is 0 Å². The van der Waals surface area contributed by atoms with Crippen LogP contribution in [0.2, 0.25) is 0 Å². The molecule has 2 fully saturated rings. The standard InChI is InChI=1S/C15H20BrFN2/c16-12-2-1-11(15(17)9-12)10-18-13-5-7-19(8-6-13)14-3-4-14/h1-2,9,13-14,18H,3-8,10H2. The third-order valence-electron chi connectivity index (χ3n) is 4.19. The Bertz CT molecular complexity index is 440. The van der Waals surface area contributed by atoms with Gasteiger partial charge in [0.15, 0.2) is 0 Å². The van der Waals surface area contributed by atoms with Crippen molar-refractivity contribution in [2.24, 2.45) is 0 Å². The Balaban J connectivity index is 1.47. The highest BCUT2D eigenvalue weighted by molar-refractivity contribution is 9.10. The molecule has 0 amide bonds. The van der Waals surface area contributed by atoms with Crippen LogP contribution in [0.4, 0.5) is 4.39 Å². The van der Waals surface area contributed by atoms with Crippen molar-refractivity contribution in [1.29, 1.82) is 0 Å². The lowest BCUT2D eigenvalue weighted by Crippen LogP contribution is -2.43. The van der Waals surface area contributed by atoms with Gasteiger partial charge in [-0.1, -0.05) is 22.0 Å². The third kappa shape index (κ3) is 3.56. The Morgan fingerprint density at radius 1 is 1.21 bits per heavy atom. The zero-order valence-electron chi connectivity index (χ0n) is 11.0. The molecular weight excluding hydrogens is 307 g/mol. The second-order valence-electron chi connectivity index (χ2n) is 5.66. The van der Waals surface area contributed by atoms with Gasteiger partial charge in [0.25, 0.3) is 0 Å². The second kappa shape index (κ2) is 5.90. The van der Waals surface area contributed by atoms with E-state index < -0.39 is 0 Å². The molecule has 0 atom stereocenters. The molecule has 0 bridgehead atoms. The molecule has 2 nitrogen and oxygen atoms in total. The fraction of sp³-hybridized carbons (Fsp3) is 0.600. The molecule has 4 heteroatoms. The average molecular weight is 327 g/mol. The largest absolute Gasteiger partial charge is 0.310 e. The predicted octanol–water partition coefficient (Wildman–Crippen LogP) is 3.30. The van der Waals surface area contributed by atoms with Crippen LogP contribution >= 0.6 is 15.9 Å². The SMILES string of the molecule is Fc1cc(Br)ccc1CNC1CCN(C2CC2)CC1. The molecule has 1 aromatic carbocycles. The molecule has 1 aliphatic heterocycles. The normalized spacial score (nSPS) is 21.8. The van der Waals surface area contributed by atoms with E-state index in [1.165, 1.54) is 44.8 Å². The topological polar surface area (TPSA) is 15.3 Å². The summed E-state index contributed by atoms with van der Waals surface area (Å²) in [6, 6.07) is 6.71. The van der Waals surface area contributed by atoms with Crippen LogP contribution in [0.15, 0.2) is 22.7 Å². The molecule has 1 aromatic rings. The molecule has 19 heavy (non-hydrogen) atoms. The summed E-state index contributed by atoms with van der Waals surface area (Å²) in [5.41, 5.74) is 0.757. The quantitative estimate of drug-likeness (QED) is 0.913. The Kier molecular flexibility index (Phi) is 4.20. The van der Waals surface area contributed by atoms with Gasteiger partial charge in [-0.15, -0.1) is 0 Å². The second-order valence-corrected chi connectivity index (χ2v) is 6.57. The Hall–Kier alpha value is -0.450. The lowest BCUT2D eigenvalue weighted by molar-refractivity contribution is 0.189. The number of rotatable bonds is 4. The zero-order valence-corrected chi connectivity index (χ0v) is 12.6. The number of hydrogen-bond acceptors (Lipinski definition) is 2. The van der Waals surface area contributed by atoms with E-state index in [4.69, 9.17) is 0 Å². The minimum Gasteiger partial charge on any atom is -0.310 e. The van der Waals surface area contributed by atoms with Gasteiger partial charge in [-0.2, -0.15) is 0 Å². The van der Waals surface area contributed by atoms with E-state index in [1.54, 1.807) is 0 Å². The highest BCUT2D eigenvalue weighted by Gasteiger charge is 2.31. The summed E-state index contributed by atoms with van der Waals surface area (Å²) in [6.07, 6.45) is 5.16. The first-order chi connectivity index (χ1) is 9.22. The van der Waals surface area contributed by atoms with Crippen molar-refractivity contribution in [3.63, 3.8) is 0 Å². The van der Waals surface area contributed by atoms with Crippen LogP contribution in [0.25, 0.3) is 0 Å². The molecule has 1 heterocycles. The number of hydrogen-bond donors (Lipinski definition) is 1. The number of nitrogens with one attached hydrogen (secondary N) is 1. The summed E-state index contributed by atoms with van der Waals surface area (Å²) >= 11 is 3.28. The molecule has 0 unspecified atom stereocenters. The number of halogens is 2. The Labute approximate surface area is 122 Å². The van der Waals surface area contributed by atoms with Crippen LogP contribution in [-0.4, -0.2) is 30.1 Å². The summed E-state index contributed by atoms with van der Waals surface area (Å²) in [5, 5.41) is 3.50. The first-order valence-corrected chi connectivity index (χ1v) is 7.93. The minimum atomic E-state index is -0.128. The first-order valence-electron chi connectivity index (χ1n) is 7.14. The van der Waals surface area contributed by atoms with Crippen LogP contribution in [0, 0.1) is 5.82 Å². The van der Waals surface area contributed by atoms with Crippen molar-refractivity contribution in [3.8, 4) is 0 Å². The van der Waals surface area contributed by atoms with Crippen LogP contribution < -0.4 is 5.32 Å². The number of likely N-dealkylation sites (tertiary alicyclic amines) is 1. The lowest BCUT2D eigenvalue weighted by atomic mass is 10.0. The number of nitrogens with zero attached hydrogens (tertiary/aromatic N) is 1. The molecule has 0 spiro atoms. The summed E-state index contributed by atoms with van der Waals surface area (Å²) in [4.78, 5) is 2.61. The van der Waals surface area contributed by atoms with Gasteiger partial charge in [0, 0.05) is 28.7 Å². The van der Waals surface area contributed by atoms with Gasteiger partial charge in [0.1, 0.15) is 5.82 Å². The van der Waals surface area contributed by atoms with E-state index in [9.17, 15) is 4.39 Å². The van der Waals surface area contributed by atoms with Crippen LogP contribution in [0.5, 0.6) is 0 Å². The molecule has 104 valence electrons. The fourth-order valence-electron chi connectivity index (χ4n) is 2.83. The third-order valence-corrected chi connectivity index (χ3v) is 4.68. The maximum atomic E-state index is 13.7. The molecule has 2 aliphatic rings. The van der Waals surface area contributed by atoms with E-state index in [0.29, 0.717) is 12.6 Å². The van der Waals surface area contributed by atoms with Crippen LogP contribution in [-0.2, 0) is 6.54 Å². The minimum absolute atomic E-state index is 0.128. The molecule has 1 N–H and O–H groups in total. The monoisotopic (exact) mass is 326 g/mol.